The number of nitrogens with zero attached hydrogens (tertiary/aromatic N) is 2. The fraction of sp³-hybridized carbons (Fsp3) is 0.200. The van der Waals surface area contributed by atoms with E-state index in [0.717, 1.165) is 26.9 Å². The Morgan fingerprint density at radius 1 is 0.806 bits per heavy atom. The number of carbonyl (C=O) groups excluding carboxylic acids is 2. The number of imide groups is 1. The number of aryl methyl sites for hydroxylation is 2. The number of hydroxylamine groups is 1. The van der Waals surface area contributed by atoms with Gasteiger partial charge in [-0.25, -0.2) is 9.96 Å². The van der Waals surface area contributed by atoms with Crippen molar-refractivity contribution < 1.29 is 14.4 Å². The summed E-state index contributed by atoms with van der Waals surface area (Å²) in [7, 11) is 0. The van der Waals surface area contributed by atoms with Gasteiger partial charge in [0.05, 0.1) is 17.4 Å². The maximum absolute atomic E-state index is 13.6. The highest BCUT2D eigenvalue weighted by Gasteiger charge is 2.60. The van der Waals surface area contributed by atoms with E-state index >= 15 is 0 Å². The van der Waals surface area contributed by atoms with Gasteiger partial charge in [-0.15, -0.1) is 0 Å². The Balaban J connectivity index is 1.58. The van der Waals surface area contributed by atoms with Gasteiger partial charge in [0.15, 0.2) is 6.10 Å². The number of carbonyl (C=O) groups is 2. The number of benzene rings is 3. The molecule has 0 aromatic heterocycles. The number of hydrogen-bond donors (Lipinski definition) is 0. The Kier molecular flexibility index (Phi) is 4.91. The highest BCUT2D eigenvalue weighted by Crippen LogP contribution is 2.47. The fourth-order valence-corrected chi connectivity index (χ4v) is 4.60. The summed E-state index contributed by atoms with van der Waals surface area (Å²) in [6.45, 7) is 3.98. The second-order valence-corrected chi connectivity index (χ2v) is 8.91. The molecule has 2 heterocycles. The first kappa shape index (κ1) is 20.0. The van der Waals surface area contributed by atoms with E-state index in [2.05, 4.69) is 15.9 Å². The molecule has 0 N–H and O–H groups in total. The van der Waals surface area contributed by atoms with Crippen LogP contribution in [0, 0.1) is 19.8 Å². The number of rotatable bonds is 3. The van der Waals surface area contributed by atoms with Gasteiger partial charge >= 0.3 is 0 Å². The zero-order valence-corrected chi connectivity index (χ0v) is 18.7. The Labute approximate surface area is 189 Å². The lowest BCUT2D eigenvalue weighted by Gasteiger charge is -2.29. The summed E-state index contributed by atoms with van der Waals surface area (Å²) >= 11 is 3.47. The van der Waals surface area contributed by atoms with E-state index in [1.165, 1.54) is 4.90 Å². The molecule has 2 saturated heterocycles. The molecule has 31 heavy (non-hydrogen) atoms. The Hall–Kier alpha value is -2.96. The van der Waals surface area contributed by atoms with E-state index in [1.54, 1.807) is 5.06 Å². The standard InChI is InChI=1S/C25H21BrN2O3/c1-15-8-13-20(14-16(15)2)27-24(29)21-22(17-9-11-18(26)12-10-17)28(31-23(21)25(27)30)19-6-4-3-5-7-19/h3-14,21-23H,1-2H3/t21-,22+,23+/m1/s1. The number of fused-ring (bicyclic) bond motifs is 1. The van der Waals surface area contributed by atoms with Crippen molar-refractivity contribution in [2.45, 2.75) is 26.0 Å². The normalized spacial score (nSPS) is 22.9. The minimum absolute atomic E-state index is 0.232. The Morgan fingerprint density at radius 2 is 1.52 bits per heavy atom. The first-order valence-electron chi connectivity index (χ1n) is 10.2. The second-order valence-electron chi connectivity index (χ2n) is 7.99. The average molecular weight is 477 g/mol. The van der Waals surface area contributed by atoms with Gasteiger partial charge in [0.25, 0.3) is 5.91 Å². The van der Waals surface area contributed by atoms with Crippen LogP contribution in [-0.4, -0.2) is 17.9 Å². The van der Waals surface area contributed by atoms with E-state index in [0.29, 0.717) is 5.69 Å². The zero-order valence-electron chi connectivity index (χ0n) is 17.2. The van der Waals surface area contributed by atoms with Crippen LogP contribution < -0.4 is 9.96 Å². The maximum Gasteiger partial charge on any atom is 0.266 e. The van der Waals surface area contributed by atoms with Gasteiger partial charge in [0.2, 0.25) is 5.91 Å². The number of hydrogen-bond acceptors (Lipinski definition) is 4. The van der Waals surface area contributed by atoms with Gasteiger partial charge in [0, 0.05) is 4.47 Å². The summed E-state index contributed by atoms with van der Waals surface area (Å²) in [6.07, 6.45) is -0.858. The summed E-state index contributed by atoms with van der Waals surface area (Å²) < 4.78 is 0.948. The molecule has 2 fully saturated rings. The summed E-state index contributed by atoms with van der Waals surface area (Å²) in [4.78, 5) is 34.4. The van der Waals surface area contributed by atoms with Crippen molar-refractivity contribution >= 4 is 39.1 Å². The molecule has 5 rings (SSSR count). The molecule has 6 heteroatoms. The molecule has 3 aromatic rings. The predicted molar refractivity (Wildman–Crippen MR) is 123 cm³/mol. The second kappa shape index (κ2) is 7.62. The van der Waals surface area contributed by atoms with Crippen LogP contribution in [0.25, 0.3) is 0 Å². The molecule has 2 aliphatic heterocycles. The number of para-hydroxylation sites is 1. The largest absolute Gasteiger partial charge is 0.273 e. The minimum Gasteiger partial charge on any atom is -0.273 e. The Bertz CT molecular complexity index is 1160. The van der Waals surface area contributed by atoms with Crippen LogP contribution in [0.1, 0.15) is 22.7 Å². The van der Waals surface area contributed by atoms with Crippen molar-refractivity contribution in [3.05, 3.63) is 94.0 Å². The lowest BCUT2D eigenvalue weighted by molar-refractivity contribution is -0.126. The first-order chi connectivity index (χ1) is 15.0. The Morgan fingerprint density at radius 3 is 2.19 bits per heavy atom. The summed E-state index contributed by atoms with van der Waals surface area (Å²) in [6, 6.07) is 22.6. The van der Waals surface area contributed by atoms with Gasteiger partial charge < -0.3 is 0 Å². The zero-order chi connectivity index (χ0) is 21.7. The molecular weight excluding hydrogens is 456 g/mol. The maximum atomic E-state index is 13.6. The van der Waals surface area contributed by atoms with Crippen molar-refractivity contribution in [1.82, 2.24) is 0 Å². The van der Waals surface area contributed by atoms with Gasteiger partial charge in [-0.3, -0.25) is 14.4 Å². The van der Waals surface area contributed by atoms with E-state index < -0.39 is 18.1 Å². The molecule has 2 aliphatic rings. The van der Waals surface area contributed by atoms with Gasteiger partial charge in [-0.2, -0.15) is 0 Å². The van der Waals surface area contributed by atoms with Crippen LogP contribution in [0.3, 0.4) is 0 Å². The smallest absolute Gasteiger partial charge is 0.266 e. The van der Waals surface area contributed by atoms with Crippen LogP contribution >= 0.6 is 15.9 Å². The molecule has 0 saturated carbocycles. The number of halogens is 1. The van der Waals surface area contributed by atoms with Gasteiger partial charge in [-0.05, 0) is 66.9 Å². The fourth-order valence-electron chi connectivity index (χ4n) is 4.33. The van der Waals surface area contributed by atoms with Crippen LogP contribution in [0.5, 0.6) is 0 Å². The third-order valence-corrected chi connectivity index (χ3v) is 6.61. The molecular formula is C25H21BrN2O3. The third-order valence-electron chi connectivity index (χ3n) is 6.09. The minimum atomic E-state index is -0.858. The highest BCUT2D eigenvalue weighted by atomic mass is 79.9. The highest BCUT2D eigenvalue weighted by molar-refractivity contribution is 9.10. The third kappa shape index (κ3) is 3.27. The van der Waals surface area contributed by atoms with Crippen LogP contribution in [0.15, 0.2) is 77.3 Å². The van der Waals surface area contributed by atoms with E-state index in [4.69, 9.17) is 4.84 Å². The lowest BCUT2D eigenvalue weighted by Crippen LogP contribution is -2.37. The van der Waals surface area contributed by atoms with Crippen molar-refractivity contribution in [1.29, 1.82) is 0 Å². The SMILES string of the molecule is Cc1ccc(N2C(=O)[C@H]3[C@H](ON(c4ccccc4)[C@H]3c3ccc(Br)cc3)C2=O)cc1C. The molecule has 0 radical (unpaired) electrons. The van der Waals surface area contributed by atoms with Crippen LogP contribution in [0.2, 0.25) is 0 Å². The number of amides is 2. The topological polar surface area (TPSA) is 49.9 Å². The van der Waals surface area contributed by atoms with E-state index in [9.17, 15) is 9.59 Å². The number of anilines is 2. The monoisotopic (exact) mass is 476 g/mol. The van der Waals surface area contributed by atoms with Crippen molar-refractivity contribution in [3.8, 4) is 0 Å². The molecule has 5 nitrogen and oxygen atoms in total. The molecule has 0 unspecified atom stereocenters. The van der Waals surface area contributed by atoms with Crippen molar-refractivity contribution in [2.75, 3.05) is 9.96 Å². The molecule has 0 spiro atoms. The van der Waals surface area contributed by atoms with Crippen LogP contribution in [-0.2, 0) is 14.4 Å². The van der Waals surface area contributed by atoms with Crippen molar-refractivity contribution in [2.24, 2.45) is 5.92 Å². The molecule has 3 atom stereocenters. The molecule has 2 amide bonds. The average Bonchev–Trinajstić information content (AvgIpc) is 3.28. The quantitative estimate of drug-likeness (QED) is 0.492. The summed E-state index contributed by atoms with van der Waals surface area (Å²) in [5.74, 6) is -1.18. The summed E-state index contributed by atoms with van der Waals surface area (Å²) in [5.41, 5.74) is 4.47. The van der Waals surface area contributed by atoms with Crippen LogP contribution in [0.4, 0.5) is 11.4 Å². The van der Waals surface area contributed by atoms with Gasteiger partial charge in [-0.1, -0.05) is 52.3 Å². The van der Waals surface area contributed by atoms with E-state index in [-0.39, 0.29) is 11.8 Å². The van der Waals surface area contributed by atoms with Gasteiger partial charge in [0.1, 0.15) is 5.92 Å². The molecule has 3 aromatic carbocycles. The molecule has 0 aliphatic carbocycles. The summed E-state index contributed by atoms with van der Waals surface area (Å²) in [5, 5.41) is 1.71. The van der Waals surface area contributed by atoms with E-state index in [1.807, 2.05) is 86.6 Å². The molecule has 0 bridgehead atoms. The lowest BCUT2D eigenvalue weighted by atomic mass is 9.90. The van der Waals surface area contributed by atoms with Crippen molar-refractivity contribution in [3.63, 3.8) is 0 Å². The molecule has 156 valence electrons. The first-order valence-corrected chi connectivity index (χ1v) is 11.0. The predicted octanol–water partition coefficient (Wildman–Crippen LogP) is 5.12.